The number of fused-ring (bicyclic) bond motifs is 1. The Morgan fingerprint density at radius 1 is 0.897 bits per heavy atom. The first-order valence-electron chi connectivity index (χ1n) is 8.79. The predicted octanol–water partition coefficient (Wildman–Crippen LogP) is 4.62. The molecular formula is C21H13FN4OS2. The Morgan fingerprint density at radius 2 is 1.55 bits per heavy atom. The maximum absolute atomic E-state index is 13.5. The third kappa shape index (κ3) is 3.16. The highest BCUT2D eigenvalue weighted by Gasteiger charge is 2.28. The molecule has 0 fully saturated rings. The van der Waals surface area contributed by atoms with Gasteiger partial charge < -0.3 is 0 Å². The summed E-state index contributed by atoms with van der Waals surface area (Å²) in [6.45, 7) is 0. The number of aromatic nitrogens is 4. The minimum atomic E-state index is -0.405. The predicted molar refractivity (Wildman–Crippen MR) is 112 cm³/mol. The molecule has 5 aromatic rings. The topological polar surface area (TPSA) is 60.7 Å². The van der Waals surface area contributed by atoms with Crippen LogP contribution in [0.1, 0.15) is 21.8 Å². The molecule has 0 amide bonds. The Labute approximate surface area is 172 Å². The zero-order valence-corrected chi connectivity index (χ0v) is 16.5. The number of halogens is 1. The van der Waals surface area contributed by atoms with Crippen molar-refractivity contribution in [3.05, 3.63) is 104 Å². The standard InChI is InChI=1S/C21H13FN4OS2/c22-13-5-7-14(8-6-13)26-18(25-16-4-2-1-3-15(16)21(26)27)17(19-23-9-11-28-19)20-24-10-12-29-20/h1-12,17H. The fourth-order valence-corrected chi connectivity index (χ4v) is 4.81. The second-order valence-corrected chi connectivity index (χ2v) is 8.13. The van der Waals surface area contributed by atoms with Crippen LogP contribution in [-0.2, 0) is 0 Å². The molecule has 0 aliphatic carbocycles. The van der Waals surface area contributed by atoms with Crippen LogP contribution in [0.15, 0.2) is 76.5 Å². The van der Waals surface area contributed by atoms with Crippen molar-refractivity contribution in [1.29, 1.82) is 0 Å². The molecule has 0 saturated heterocycles. The largest absolute Gasteiger partial charge is 0.268 e. The third-order valence-corrected chi connectivity index (χ3v) is 6.22. The van der Waals surface area contributed by atoms with Crippen LogP contribution in [0.25, 0.3) is 16.6 Å². The van der Waals surface area contributed by atoms with Crippen LogP contribution in [-0.4, -0.2) is 19.5 Å². The monoisotopic (exact) mass is 420 g/mol. The molecule has 8 heteroatoms. The molecule has 0 radical (unpaired) electrons. The molecule has 0 saturated carbocycles. The average molecular weight is 420 g/mol. The van der Waals surface area contributed by atoms with E-state index >= 15 is 0 Å². The van der Waals surface area contributed by atoms with E-state index in [9.17, 15) is 9.18 Å². The highest BCUT2D eigenvalue weighted by molar-refractivity contribution is 7.11. The maximum Gasteiger partial charge on any atom is 0.265 e. The lowest BCUT2D eigenvalue weighted by molar-refractivity contribution is 0.627. The van der Waals surface area contributed by atoms with Crippen molar-refractivity contribution in [2.45, 2.75) is 5.92 Å². The number of rotatable bonds is 4. The minimum Gasteiger partial charge on any atom is -0.268 e. The van der Waals surface area contributed by atoms with Crippen LogP contribution < -0.4 is 5.56 Å². The van der Waals surface area contributed by atoms with Crippen molar-refractivity contribution in [1.82, 2.24) is 19.5 Å². The van der Waals surface area contributed by atoms with Crippen LogP contribution in [0, 0.1) is 5.82 Å². The molecule has 3 aromatic heterocycles. The minimum absolute atomic E-state index is 0.213. The second kappa shape index (κ2) is 7.31. The SMILES string of the molecule is O=c1c2ccccc2nc(C(c2nccs2)c2nccs2)n1-c1ccc(F)cc1. The molecule has 2 aromatic carbocycles. The lowest BCUT2D eigenvalue weighted by Gasteiger charge is -2.19. The van der Waals surface area contributed by atoms with Crippen molar-refractivity contribution in [2.75, 3.05) is 0 Å². The quantitative estimate of drug-likeness (QED) is 0.426. The number of hydrogen-bond donors (Lipinski definition) is 0. The molecule has 0 N–H and O–H groups in total. The highest BCUT2D eigenvalue weighted by Crippen LogP contribution is 2.34. The van der Waals surface area contributed by atoms with Crippen LogP contribution in [0.3, 0.4) is 0 Å². The Balaban J connectivity index is 1.87. The first-order valence-corrected chi connectivity index (χ1v) is 10.5. The van der Waals surface area contributed by atoms with Crippen LogP contribution in [0.2, 0.25) is 0 Å². The van der Waals surface area contributed by atoms with E-state index < -0.39 is 5.92 Å². The molecular weight excluding hydrogens is 407 g/mol. The van der Waals surface area contributed by atoms with Gasteiger partial charge in [0.1, 0.15) is 27.6 Å². The molecule has 0 atom stereocenters. The van der Waals surface area contributed by atoms with Crippen LogP contribution in [0.4, 0.5) is 4.39 Å². The van der Waals surface area contributed by atoms with Gasteiger partial charge in [-0.3, -0.25) is 9.36 Å². The van der Waals surface area contributed by atoms with E-state index in [1.807, 2.05) is 22.9 Å². The molecule has 0 aliphatic heterocycles. The van der Waals surface area contributed by atoms with E-state index in [4.69, 9.17) is 4.98 Å². The van der Waals surface area contributed by atoms with Crippen molar-refractivity contribution >= 4 is 33.6 Å². The number of benzene rings is 2. The van der Waals surface area contributed by atoms with Gasteiger partial charge in [-0.1, -0.05) is 12.1 Å². The van der Waals surface area contributed by atoms with Gasteiger partial charge in [-0.25, -0.2) is 19.3 Å². The van der Waals surface area contributed by atoms with Gasteiger partial charge in [-0.05, 0) is 36.4 Å². The molecule has 0 spiro atoms. The number of hydrogen-bond acceptors (Lipinski definition) is 6. The molecule has 5 nitrogen and oxygen atoms in total. The normalized spacial score (nSPS) is 11.4. The van der Waals surface area contributed by atoms with Crippen LogP contribution in [0.5, 0.6) is 0 Å². The average Bonchev–Trinajstić information content (AvgIpc) is 3.45. The summed E-state index contributed by atoms with van der Waals surface area (Å²) in [5.41, 5.74) is 0.932. The third-order valence-electron chi connectivity index (χ3n) is 4.54. The summed E-state index contributed by atoms with van der Waals surface area (Å²) in [6, 6.07) is 13.0. The smallest absolute Gasteiger partial charge is 0.265 e. The summed E-state index contributed by atoms with van der Waals surface area (Å²) in [7, 11) is 0. The number of thiazole rings is 2. The lowest BCUT2D eigenvalue weighted by Crippen LogP contribution is -2.26. The molecule has 29 heavy (non-hydrogen) atoms. The number of para-hydroxylation sites is 1. The summed E-state index contributed by atoms with van der Waals surface area (Å²) in [6.07, 6.45) is 3.45. The van der Waals surface area contributed by atoms with E-state index in [0.29, 0.717) is 22.4 Å². The van der Waals surface area contributed by atoms with Crippen molar-refractivity contribution < 1.29 is 4.39 Å². The summed E-state index contributed by atoms with van der Waals surface area (Å²) in [5, 5.41) is 5.85. The van der Waals surface area contributed by atoms with Gasteiger partial charge in [0, 0.05) is 23.2 Å². The maximum atomic E-state index is 13.5. The first kappa shape index (κ1) is 17.8. The van der Waals surface area contributed by atoms with Gasteiger partial charge in [-0.15, -0.1) is 22.7 Å². The molecule has 0 unspecified atom stereocenters. The van der Waals surface area contributed by atoms with Gasteiger partial charge >= 0.3 is 0 Å². The van der Waals surface area contributed by atoms with Gasteiger partial charge in [-0.2, -0.15) is 0 Å². The zero-order chi connectivity index (χ0) is 19.8. The fraction of sp³-hybridized carbons (Fsp3) is 0.0476. The summed E-state index contributed by atoms with van der Waals surface area (Å²) in [4.78, 5) is 27.3. The van der Waals surface area contributed by atoms with E-state index in [0.717, 1.165) is 10.0 Å². The van der Waals surface area contributed by atoms with Gasteiger partial charge in [0.2, 0.25) is 0 Å². The van der Waals surface area contributed by atoms with Crippen molar-refractivity contribution in [2.24, 2.45) is 0 Å². The first-order chi connectivity index (χ1) is 14.2. The van der Waals surface area contributed by atoms with E-state index in [1.54, 1.807) is 36.7 Å². The molecule has 0 bridgehead atoms. The Morgan fingerprint density at radius 3 is 2.17 bits per heavy atom. The molecule has 142 valence electrons. The van der Waals surface area contributed by atoms with Gasteiger partial charge in [0.15, 0.2) is 0 Å². The second-order valence-electron chi connectivity index (χ2n) is 6.28. The van der Waals surface area contributed by atoms with E-state index in [1.165, 1.54) is 39.4 Å². The van der Waals surface area contributed by atoms with Crippen LogP contribution >= 0.6 is 22.7 Å². The van der Waals surface area contributed by atoms with Gasteiger partial charge in [0.05, 0.1) is 16.6 Å². The molecule has 0 aliphatic rings. The Kier molecular flexibility index (Phi) is 4.49. The van der Waals surface area contributed by atoms with Crippen molar-refractivity contribution in [3.8, 4) is 5.69 Å². The highest BCUT2D eigenvalue weighted by atomic mass is 32.1. The molecule has 3 heterocycles. The summed E-state index contributed by atoms with van der Waals surface area (Å²) >= 11 is 2.96. The Hall–Kier alpha value is -3.23. The summed E-state index contributed by atoms with van der Waals surface area (Å²) in [5.74, 6) is -0.268. The van der Waals surface area contributed by atoms with Crippen molar-refractivity contribution in [3.63, 3.8) is 0 Å². The number of nitrogens with zero attached hydrogens (tertiary/aromatic N) is 4. The van der Waals surface area contributed by atoms with E-state index in [-0.39, 0.29) is 11.4 Å². The molecule has 5 rings (SSSR count). The fourth-order valence-electron chi connectivity index (χ4n) is 3.26. The van der Waals surface area contributed by atoms with Gasteiger partial charge in [0.25, 0.3) is 5.56 Å². The summed E-state index contributed by atoms with van der Waals surface area (Å²) < 4.78 is 15.1. The zero-order valence-electron chi connectivity index (χ0n) is 14.9. The lowest BCUT2D eigenvalue weighted by atomic mass is 10.1. The van der Waals surface area contributed by atoms with E-state index in [2.05, 4.69) is 9.97 Å². The Bertz CT molecular complexity index is 1300.